The van der Waals surface area contributed by atoms with Gasteiger partial charge < -0.3 is 5.11 Å². The van der Waals surface area contributed by atoms with Crippen LogP contribution in [0.1, 0.15) is 21.6 Å². The van der Waals surface area contributed by atoms with E-state index >= 15 is 0 Å². The number of carboxylic acids is 1. The van der Waals surface area contributed by atoms with Crippen LogP contribution in [0.25, 0.3) is 0 Å². The first-order chi connectivity index (χ1) is 6.07. The van der Waals surface area contributed by atoms with Crippen molar-refractivity contribution in [2.75, 3.05) is 6.26 Å². The molecule has 0 saturated carbocycles. The molecule has 1 aromatic rings. The second-order valence-electron chi connectivity index (χ2n) is 2.60. The third-order valence-electron chi connectivity index (χ3n) is 1.83. The van der Waals surface area contributed by atoms with E-state index in [0.29, 0.717) is 16.3 Å². The minimum absolute atomic E-state index is 0.264. The topological polar surface area (TPSA) is 63.1 Å². The Morgan fingerprint density at radius 3 is 2.46 bits per heavy atom. The number of thioether (sulfide) groups is 1. The number of carbonyl (C=O) groups is 1. The SMILES string of the molecule is CSc1nnc(C)c(C)c1C(=O)O. The monoisotopic (exact) mass is 198 g/mol. The fourth-order valence-electron chi connectivity index (χ4n) is 0.981. The number of aromatic nitrogens is 2. The molecule has 1 aromatic heterocycles. The van der Waals surface area contributed by atoms with Gasteiger partial charge in [0.1, 0.15) is 5.03 Å². The molecule has 1 N–H and O–H groups in total. The summed E-state index contributed by atoms with van der Waals surface area (Å²) in [6, 6.07) is 0. The third kappa shape index (κ3) is 1.80. The second kappa shape index (κ2) is 3.74. The van der Waals surface area contributed by atoms with Gasteiger partial charge in [0, 0.05) is 0 Å². The van der Waals surface area contributed by atoms with E-state index in [1.165, 1.54) is 11.8 Å². The maximum absolute atomic E-state index is 10.9. The predicted octanol–water partition coefficient (Wildman–Crippen LogP) is 1.51. The van der Waals surface area contributed by atoms with Gasteiger partial charge in [0.25, 0.3) is 0 Å². The quantitative estimate of drug-likeness (QED) is 0.730. The molecule has 0 radical (unpaired) electrons. The average Bonchev–Trinajstić information content (AvgIpc) is 2.08. The summed E-state index contributed by atoms with van der Waals surface area (Å²) in [6.07, 6.45) is 1.78. The van der Waals surface area contributed by atoms with E-state index in [9.17, 15) is 4.79 Å². The molecular weight excluding hydrogens is 188 g/mol. The number of hydrogen-bond acceptors (Lipinski definition) is 4. The Hall–Kier alpha value is -1.10. The molecule has 0 atom stereocenters. The van der Waals surface area contributed by atoms with Gasteiger partial charge in [0.05, 0.1) is 11.3 Å². The van der Waals surface area contributed by atoms with Gasteiger partial charge in [0.2, 0.25) is 0 Å². The first kappa shape index (κ1) is 9.98. The highest BCUT2D eigenvalue weighted by atomic mass is 32.2. The fourth-order valence-corrected chi connectivity index (χ4v) is 1.55. The zero-order valence-corrected chi connectivity index (χ0v) is 8.47. The first-order valence-electron chi connectivity index (χ1n) is 3.69. The standard InChI is InChI=1S/C8H10N2O2S/c1-4-5(2)9-10-7(13-3)6(4)8(11)12/h1-3H3,(H,11,12). The van der Waals surface area contributed by atoms with Crippen molar-refractivity contribution in [2.45, 2.75) is 18.9 Å². The number of aromatic carboxylic acids is 1. The lowest BCUT2D eigenvalue weighted by Gasteiger charge is -2.06. The Morgan fingerprint density at radius 1 is 1.38 bits per heavy atom. The molecule has 1 heterocycles. The minimum Gasteiger partial charge on any atom is -0.478 e. The van der Waals surface area contributed by atoms with Crippen molar-refractivity contribution in [3.8, 4) is 0 Å². The van der Waals surface area contributed by atoms with Gasteiger partial charge in [-0.2, -0.15) is 5.10 Å². The molecule has 0 fully saturated rings. The highest BCUT2D eigenvalue weighted by Gasteiger charge is 2.16. The summed E-state index contributed by atoms with van der Waals surface area (Å²) < 4.78 is 0. The zero-order chi connectivity index (χ0) is 10.0. The lowest BCUT2D eigenvalue weighted by molar-refractivity contribution is 0.0690. The maximum Gasteiger partial charge on any atom is 0.338 e. The van der Waals surface area contributed by atoms with Crippen molar-refractivity contribution in [3.63, 3.8) is 0 Å². The molecule has 13 heavy (non-hydrogen) atoms. The van der Waals surface area contributed by atoms with Gasteiger partial charge in [-0.1, -0.05) is 0 Å². The Balaban J connectivity index is 3.41. The number of nitrogens with zero attached hydrogens (tertiary/aromatic N) is 2. The van der Waals surface area contributed by atoms with Gasteiger partial charge in [-0.15, -0.1) is 16.9 Å². The van der Waals surface area contributed by atoms with Crippen LogP contribution in [0, 0.1) is 13.8 Å². The summed E-state index contributed by atoms with van der Waals surface area (Å²) in [5, 5.41) is 17.1. The molecule has 0 aromatic carbocycles. The average molecular weight is 198 g/mol. The van der Waals surface area contributed by atoms with Crippen molar-refractivity contribution in [3.05, 3.63) is 16.8 Å². The minimum atomic E-state index is -0.945. The smallest absolute Gasteiger partial charge is 0.338 e. The largest absolute Gasteiger partial charge is 0.478 e. The molecular formula is C8H10N2O2S. The molecule has 0 bridgehead atoms. The van der Waals surface area contributed by atoms with Crippen LogP contribution in [0.15, 0.2) is 5.03 Å². The molecule has 0 unspecified atom stereocenters. The number of rotatable bonds is 2. The second-order valence-corrected chi connectivity index (χ2v) is 3.39. The summed E-state index contributed by atoms with van der Waals surface area (Å²) in [5.41, 5.74) is 1.61. The lowest BCUT2D eigenvalue weighted by atomic mass is 10.1. The van der Waals surface area contributed by atoms with E-state index in [0.717, 1.165) is 0 Å². The molecule has 1 rings (SSSR count). The van der Waals surface area contributed by atoms with E-state index in [4.69, 9.17) is 5.11 Å². The molecule has 0 amide bonds. The Bertz CT molecular complexity index is 352. The Kier molecular flexibility index (Phi) is 2.87. The maximum atomic E-state index is 10.9. The van der Waals surface area contributed by atoms with Crippen molar-refractivity contribution in [1.82, 2.24) is 10.2 Å². The van der Waals surface area contributed by atoms with Crippen molar-refractivity contribution in [1.29, 1.82) is 0 Å². The summed E-state index contributed by atoms with van der Waals surface area (Å²) >= 11 is 1.29. The number of carboxylic acid groups (broad SMARTS) is 1. The van der Waals surface area contributed by atoms with Gasteiger partial charge in [-0.25, -0.2) is 4.79 Å². The van der Waals surface area contributed by atoms with Crippen molar-refractivity contribution in [2.24, 2.45) is 0 Å². The van der Waals surface area contributed by atoms with Crippen LogP contribution in [0.2, 0.25) is 0 Å². The van der Waals surface area contributed by atoms with Crippen molar-refractivity contribution >= 4 is 17.7 Å². The summed E-state index contributed by atoms with van der Waals surface area (Å²) in [4.78, 5) is 10.9. The van der Waals surface area contributed by atoms with E-state index in [1.54, 1.807) is 20.1 Å². The molecule has 70 valence electrons. The van der Waals surface area contributed by atoms with Crippen LogP contribution in [-0.4, -0.2) is 27.5 Å². The van der Waals surface area contributed by atoms with Crippen LogP contribution < -0.4 is 0 Å². The molecule has 0 aliphatic rings. The first-order valence-corrected chi connectivity index (χ1v) is 4.91. The van der Waals surface area contributed by atoms with Gasteiger partial charge in [-0.05, 0) is 25.7 Å². The van der Waals surface area contributed by atoms with E-state index in [2.05, 4.69) is 10.2 Å². The summed E-state index contributed by atoms with van der Waals surface area (Å²) in [6.45, 7) is 3.49. The zero-order valence-electron chi connectivity index (χ0n) is 7.66. The highest BCUT2D eigenvalue weighted by Crippen LogP contribution is 2.21. The molecule has 4 nitrogen and oxygen atoms in total. The van der Waals surface area contributed by atoms with Gasteiger partial charge in [0.15, 0.2) is 0 Å². The van der Waals surface area contributed by atoms with Gasteiger partial charge in [-0.3, -0.25) is 0 Å². The highest BCUT2D eigenvalue weighted by molar-refractivity contribution is 7.98. The molecule has 0 saturated heterocycles. The van der Waals surface area contributed by atoms with E-state index in [-0.39, 0.29) is 5.56 Å². The number of aryl methyl sites for hydroxylation is 1. The van der Waals surface area contributed by atoms with E-state index in [1.807, 2.05) is 0 Å². The molecule has 0 aliphatic carbocycles. The van der Waals surface area contributed by atoms with Crippen molar-refractivity contribution < 1.29 is 9.90 Å². The fraction of sp³-hybridized carbons (Fsp3) is 0.375. The third-order valence-corrected chi connectivity index (χ3v) is 2.50. The summed E-state index contributed by atoms with van der Waals surface area (Å²) in [7, 11) is 0. The van der Waals surface area contributed by atoms with Crippen LogP contribution >= 0.6 is 11.8 Å². The van der Waals surface area contributed by atoms with E-state index < -0.39 is 5.97 Å². The van der Waals surface area contributed by atoms with Crippen LogP contribution in [0.3, 0.4) is 0 Å². The lowest BCUT2D eigenvalue weighted by Crippen LogP contribution is -2.07. The predicted molar refractivity (Wildman–Crippen MR) is 50.2 cm³/mol. The Labute approximate surface area is 80.4 Å². The molecule has 0 aliphatic heterocycles. The van der Waals surface area contributed by atoms with Crippen LogP contribution in [-0.2, 0) is 0 Å². The molecule has 5 heteroatoms. The van der Waals surface area contributed by atoms with Gasteiger partial charge >= 0.3 is 5.97 Å². The van der Waals surface area contributed by atoms with Crippen LogP contribution in [0.4, 0.5) is 0 Å². The molecule has 0 spiro atoms. The number of hydrogen-bond donors (Lipinski definition) is 1. The Morgan fingerprint density at radius 2 is 2.00 bits per heavy atom. The van der Waals surface area contributed by atoms with Crippen LogP contribution in [0.5, 0.6) is 0 Å². The summed E-state index contributed by atoms with van der Waals surface area (Å²) in [5.74, 6) is -0.945. The normalized spacial score (nSPS) is 10.1.